The van der Waals surface area contributed by atoms with Crippen molar-refractivity contribution in [2.75, 3.05) is 14.7 Å². The van der Waals surface area contributed by atoms with Crippen LogP contribution < -0.4 is 31.1 Å². The molecule has 4 heterocycles. The Kier molecular flexibility index (Phi) is 10.8. The molecule has 2 aliphatic rings. The Bertz CT molecular complexity index is 3710. The topological polar surface area (TPSA) is 27.8 Å². The zero-order chi connectivity index (χ0) is 51.6. The van der Waals surface area contributed by atoms with Gasteiger partial charge in [-0.3, -0.25) is 9.47 Å². The van der Waals surface area contributed by atoms with Crippen LogP contribution in [0.15, 0.2) is 192 Å². The van der Waals surface area contributed by atoms with Crippen LogP contribution in [0.4, 0.5) is 51.4 Å². The van der Waals surface area contributed by atoms with Crippen molar-refractivity contribution in [3.8, 4) is 5.69 Å². The lowest BCUT2D eigenvalue weighted by molar-refractivity contribution is 0.589. The summed E-state index contributed by atoms with van der Waals surface area (Å²) < 4.78 is 10.2. The van der Waals surface area contributed by atoms with E-state index in [9.17, 15) is 0 Å². The molecule has 8 aromatic carbocycles. The standard InChI is InChI=1S/C68H67BN4O/c1-65(2,3)44-28-34-51(35-29-44)71-56-39-33-46(67(7,8)9)40-55(56)69-61-58(71)42-53(70(48-22-16-13-17-23-48)49-24-18-14-19-25-49)43-59(61)73(52-36-30-45(31-37-52)66(4,5)6)64-62(69)60-54-38-32-47(68(10,11)12)41-57(54)72(63(60)74-64)50-26-20-15-21-27-50/h13-43H,1-12H3. The molecule has 10 aromatic rings. The molecule has 0 N–H and O–H groups in total. The number of para-hydroxylation sites is 3. The highest BCUT2D eigenvalue weighted by Gasteiger charge is 2.48. The molecule has 0 fully saturated rings. The van der Waals surface area contributed by atoms with Gasteiger partial charge in [0.2, 0.25) is 11.6 Å². The molecule has 368 valence electrons. The third-order valence-corrected chi connectivity index (χ3v) is 15.6. The van der Waals surface area contributed by atoms with Crippen LogP contribution in [0.2, 0.25) is 0 Å². The van der Waals surface area contributed by atoms with Crippen LogP contribution in [-0.4, -0.2) is 11.3 Å². The molecular weight excluding hydrogens is 900 g/mol. The number of furan rings is 1. The zero-order valence-electron chi connectivity index (χ0n) is 45.2. The van der Waals surface area contributed by atoms with E-state index in [1.54, 1.807) is 0 Å². The lowest BCUT2D eigenvalue weighted by Crippen LogP contribution is -2.61. The first kappa shape index (κ1) is 47.3. The van der Waals surface area contributed by atoms with E-state index in [-0.39, 0.29) is 28.4 Å². The van der Waals surface area contributed by atoms with Gasteiger partial charge in [-0.2, -0.15) is 0 Å². The molecular formula is C68H67BN4O. The summed E-state index contributed by atoms with van der Waals surface area (Å²) in [4.78, 5) is 7.40. The van der Waals surface area contributed by atoms with Crippen LogP contribution in [-0.2, 0) is 21.7 Å². The summed E-state index contributed by atoms with van der Waals surface area (Å²) in [5.74, 6) is 0.839. The van der Waals surface area contributed by atoms with E-state index in [1.807, 2.05) is 0 Å². The van der Waals surface area contributed by atoms with Crippen molar-refractivity contribution in [2.24, 2.45) is 0 Å². The van der Waals surface area contributed by atoms with E-state index >= 15 is 0 Å². The van der Waals surface area contributed by atoms with Crippen molar-refractivity contribution in [2.45, 2.75) is 105 Å². The fourth-order valence-electron chi connectivity index (χ4n) is 11.5. The third kappa shape index (κ3) is 7.75. The molecule has 74 heavy (non-hydrogen) atoms. The first-order chi connectivity index (χ1) is 35.3. The molecule has 6 heteroatoms. The molecule has 5 nitrogen and oxygen atoms in total. The number of hydrogen-bond donors (Lipinski definition) is 0. The highest BCUT2D eigenvalue weighted by atomic mass is 16.4. The minimum Gasteiger partial charge on any atom is -0.423 e. The van der Waals surface area contributed by atoms with Crippen molar-refractivity contribution in [1.29, 1.82) is 0 Å². The van der Waals surface area contributed by atoms with Crippen molar-refractivity contribution < 1.29 is 4.42 Å². The van der Waals surface area contributed by atoms with Gasteiger partial charge < -0.3 is 14.2 Å². The van der Waals surface area contributed by atoms with Crippen molar-refractivity contribution in [3.05, 3.63) is 210 Å². The molecule has 0 radical (unpaired) electrons. The first-order valence-corrected chi connectivity index (χ1v) is 26.5. The summed E-state index contributed by atoms with van der Waals surface area (Å²) in [6, 6.07) is 70.2. The Labute approximate surface area is 438 Å². The minimum atomic E-state index is -0.197. The number of anilines is 9. The molecule has 0 atom stereocenters. The Morgan fingerprint density at radius 1 is 0.392 bits per heavy atom. The van der Waals surface area contributed by atoms with Gasteiger partial charge in [-0.05, 0) is 140 Å². The number of aromatic nitrogens is 1. The van der Waals surface area contributed by atoms with E-state index in [0.717, 1.165) is 73.7 Å². The molecule has 2 aromatic heterocycles. The molecule has 0 amide bonds. The summed E-state index contributed by atoms with van der Waals surface area (Å²) in [7, 11) is 0. The third-order valence-electron chi connectivity index (χ3n) is 15.6. The molecule has 0 aliphatic carbocycles. The largest absolute Gasteiger partial charge is 0.423 e. The van der Waals surface area contributed by atoms with Crippen molar-refractivity contribution >= 4 is 96.5 Å². The number of rotatable bonds is 6. The van der Waals surface area contributed by atoms with Gasteiger partial charge in [0.15, 0.2) is 0 Å². The molecule has 0 unspecified atom stereocenters. The molecule has 0 saturated heterocycles. The fraction of sp³-hybridized carbons (Fsp3) is 0.235. The molecule has 2 aliphatic heterocycles. The maximum absolute atomic E-state index is 7.80. The van der Waals surface area contributed by atoms with E-state index < -0.39 is 0 Å². The van der Waals surface area contributed by atoms with Gasteiger partial charge in [-0.25, -0.2) is 0 Å². The van der Waals surface area contributed by atoms with Gasteiger partial charge in [-0.1, -0.05) is 186 Å². The van der Waals surface area contributed by atoms with Crippen molar-refractivity contribution in [3.63, 3.8) is 0 Å². The van der Waals surface area contributed by atoms with Gasteiger partial charge >= 0.3 is 0 Å². The summed E-state index contributed by atoms with van der Waals surface area (Å²) >= 11 is 0. The van der Waals surface area contributed by atoms with Gasteiger partial charge in [0.05, 0.1) is 11.2 Å². The second-order valence-corrected chi connectivity index (χ2v) is 24.8. The Morgan fingerprint density at radius 3 is 1.38 bits per heavy atom. The molecule has 0 bridgehead atoms. The van der Waals surface area contributed by atoms with E-state index in [4.69, 9.17) is 4.42 Å². The quantitative estimate of drug-likeness (QED) is 0.155. The second kappa shape index (κ2) is 16.9. The second-order valence-electron chi connectivity index (χ2n) is 24.8. The highest BCUT2D eigenvalue weighted by molar-refractivity contribution is 7.01. The predicted octanol–water partition coefficient (Wildman–Crippen LogP) is 17.1. The van der Waals surface area contributed by atoms with Crippen LogP contribution in [0.5, 0.6) is 0 Å². The average Bonchev–Trinajstić information content (AvgIpc) is 3.91. The van der Waals surface area contributed by atoms with Crippen LogP contribution in [0, 0.1) is 0 Å². The van der Waals surface area contributed by atoms with E-state index in [1.165, 1.54) is 44.0 Å². The van der Waals surface area contributed by atoms with Gasteiger partial charge in [-0.15, -0.1) is 0 Å². The predicted molar refractivity (Wildman–Crippen MR) is 317 cm³/mol. The maximum Gasteiger partial charge on any atom is 0.257 e. The number of nitrogens with zero attached hydrogens (tertiary/aromatic N) is 4. The lowest BCUT2D eigenvalue weighted by Gasteiger charge is -2.44. The smallest absolute Gasteiger partial charge is 0.257 e. The number of benzene rings is 8. The number of hydrogen-bond acceptors (Lipinski definition) is 4. The minimum absolute atomic E-state index is 0.00530. The Balaban J connectivity index is 1.26. The molecule has 0 saturated carbocycles. The van der Waals surface area contributed by atoms with Crippen LogP contribution in [0.25, 0.3) is 27.7 Å². The van der Waals surface area contributed by atoms with Crippen LogP contribution in [0.1, 0.15) is 105 Å². The monoisotopic (exact) mass is 967 g/mol. The van der Waals surface area contributed by atoms with Crippen molar-refractivity contribution in [1.82, 2.24) is 4.57 Å². The highest BCUT2D eigenvalue weighted by Crippen LogP contribution is 2.51. The van der Waals surface area contributed by atoms with Gasteiger partial charge in [0.1, 0.15) is 0 Å². The average molecular weight is 967 g/mol. The van der Waals surface area contributed by atoms with Gasteiger partial charge in [0, 0.05) is 61.7 Å². The Morgan fingerprint density at radius 2 is 0.851 bits per heavy atom. The van der Waals surface area contributed by atoms with Gasteiger partial charge in [0.25, 0.3) is 6.71 Å². The zero-order valence-corrected chi connectivity index (χ0v) is 45.2. The summed E-state index contributed by atoms with van der Waals surface area (Å²) in [5.41, 5.74) is 20.4. The van der Waals surface area contributed by atoms with Crippen LogP contribution >= 0.6 is 0 Å². The SMILES string of the molecule is CC(C)(C)c1ccc(N2c3ccc(C(C)(C)C)cc3B3c4c2cc(N(c2ccccc2)c2ccccc2)cc4N(c2ccc(C(C)(C)C)cc2)c2oc4c(c23)c2ccc(C(C)(C)C)cc2n4-c2ccccc2)cc1. The van der Waals surface area contributed by atoms with E-state index in [2.05, 4.69) is 290 Å². The lowest BCUT2D eigenvalue weighted by atomic mass is 9.33. The molecule has 0 spiro atoms. The normalized spacial score (nSPS) is 13.6. The fourth-order valence-corrected chi connectivity index (χ4v) is 11.5. The molecule has 12 rings (SSSR count). The Hall–Kier alpha value is -7.70. The summed E-state index contributed by atoms with van der Waals surface area (Å²) in [6.07, 6.45) is 0. The number of fused-ring (bicyclic) bond motifs is 8. The maximum atomic E-state index is 7.80. The summed E-state index contributed by atoms with van der Waals surface area (Å²) in [5, 5.41) is 2.33. The summed E-state index contributed by atoms with van der Waals surface area (Å²) in [6.45, 7) is 27.5. The van der Waals surface area contributed by atoms with Crippen LogP contribution in [0.3, 0.4) is 0 Å². The van der Waals surface area contributed by atoms with E-state index in [0.29, 0.717) is 0 Å². The first-order valence-electron chi connectivity index (χ1n) is 26.5.